The van der Waals surface area contributed by atoms with Gasteiger partial charge < -0.3 is 15.5 Å². The van der Waals surface area contributed by atoms with Crippen LogP contribution in [-0.2, 0) is 0 Å². The average Bonchev–Trinajstić information content (AvgIpc) is 3.32. The van der Waals surface area contributed by atoms with Gasteiger partial charge in [0.15, 0.2) is 5.69 Å². The van der Waals surface area contributed by atoms with Crippen LogP contribution in [0.15, 0.2) is 12.3 Å². The Morgan fingerprint density at radius 1 is 1.40 bits per heavy atom. The predicted molar refractivity (Wildman–Crippen MR) is 76.8 cm³/mol. The Labute approximate surface area is 118 Å². The third kappa shape index (κ3) is 3.25. The van der Waals surface area contributed by atoms with Gasteiger partial charge in [0.1, 0.15) is 0 Å². The Morgan fingerprint density at radius 2 is 2.20 bits per heavy atom. The van der Waals surface area contributed by atoms with Crippen molar-refractivity contribution in [3.63, 3.8) is 0 Å². The molecule has 0 aromatic carbocycles. The number of amides is 1. The van der Waals surface area contributed by atoms with Crippen LogP contribution in [-0.4, -0.2) is 48.8 Å². The van der Waals surface area contributed by atoms with Gasteiger partial charge >= 0.3 is 0 Å². The molecule has 2 N–H and O–H groups in total. The van der Waals surface area contributed by atoms with Gasteiger partial charge in [0.05, 0.1) is 11.9 Å². The fourth-order valence-electron chi connectivity index (χ4n) is 2.53. The first-order valence-corrected chi connectivity index (χ1v) is 7.40. The van der Waals surface area contributed by atoms with Crippen molar-refractivity contribution < 1.29 is 4.79 Å². The lowest BCUT2D eigenvalue weighted by Gasteiger charge is -2.30. The highest BCUT2D eigenvalue weighted by Crippen LogP contribution is 2.31. The monoisotopic (exact) mass is 275 g/mol. The van der Waals surface area contributed by atoms with Crippen LogP contribution in [0.3, 0.4) is 0 Å². The van der Waals surface area contributed by atoms with E-state index >= 15 is 0 Å². The van der Waals surface area contributed by atoms with Gasteiger partial charge in [-0.05, 0) is 18.4 Å². The summed E-state index contributed by atoms with van der Waals surface area (Å²) in [6.45, 7) is 4.40. The lowest BCUT2D eigenvalue weighted by atomic mass is 10.2. The smallest absolute Gasteiger partial charge is 0.273 e. The van der Waals surface area contributed by atoms with E-state index in [9.17, 15) is 4.79 Å². The molecule has 2 fully saturated rings. The van der Waals surface area contributed by atoms with Crippen LogP contribution in [0.2, 0.25) is 0 Å². The van der Waals surface area contributed by atoms with Crippen LogP contribution < -0.4 is 15.5 Å². The molecule has 20 heavy (non-hydrogen) atoms. The summed E-state index contributed by atoms with van der Waals surface area (Å²) < 4.78 is 0. The summed E-state index contributed by atoms with van der Waals surface area (Å²) in [6, 6.07) is 1.88. The lowest BCUT2D eigenvalue weighted by molar-refractivity contribution is 0.0947. The van der Waals surface area contributed by atoms with E-state index in [-0.39, 0.29) is 5.91 Å². The van der Waals surface area contributed by atoms with Gasteiger partial charge in [-0.15, -0.1) is 5.10 Å². The van der Waals surface area contributed by atoms with E-state index in [1.807, 2.05) is 6.07 Å². The molecule has 1 saturated heterocycles. The minimum Gasteiger partial charge on any atom is -0.367 e. The fourth-order valence-corrected chi connectivity index (χ4v) is 2.53. The number of hydrogen-bond donors (Lipinski definition) is 2. The van der Waals surface area contributed by atoms with Crippen LogP contribution in [0.4, 0.5) is 5.69 Å². The standard InChI is InChI=1S/C14H21N5O/c20-14(16-5-3-11-1-2-11)13-12(4-6-17-18-13)19-9-7-15-8-10-19/h4,6,11,15H,1-3,5,7-10H2,(H,16,20). The molecule has 0 spiro atoms. The molecule has 0 unspecified atom stereocenters. The minimum absolute atomic E-state index is 0.104. The van der Waals surface area contributed by atoms with E-state index in [0.717, 1.165) is 50.7 Å². The van der Waals surface area contributed by atoms with E-state index in [1.165, 1.54) is 12.8 Å². The summed E-state index contributed by atoms with van der Waals surface area (Å²) in [5.74, 6) is 0.720. The number of aromatic nitrogens is 2. The third-order valence-corrected chi connectivity index (χ3v) is 3.91. The summed E-state index contributed by atoms with van der Waals surface area (Å²) in [6.07, 6.45) is 5.35. The minimum atomic E-state index is -0.104. The van der Waals surface area contributed by atoms with Gasteiger partial charge in [0.25, 0.3) is 5.91 Å². The van der Waals surface area contributed by atoms with Gasteiger partial charge in [0, 0.05) is 32.7 Å². The van der Waals surface area contributed by atoms with Crippen molar-refractivity contribution in [1.29, 1.82) is 0 Å². The van der Waals surface area contributed by atoms with Crippen molar-refractivity contribution in [1.82, 2.24) is 20.8 Å². The summed E-state index contributed by atoms with van der Waals surface area (Å²) in [7, 11) is 0. The van der Waals surface area contributed by atoms with Crippen LogP contribution in [0, 0.1) is 5.92 Å². The topological polar surface area (TPSA) is 70.2 Å². The van der Waals surface area contributed by atoms with Crippen LogP contribution in [0.25, 0.3) is 0 Å². The number of carbonyl (C=O) groups excluding carboxylic acids is 1. The summed E-state index contributed by atoms with van der Waals surface area (Å²) in [5, 5.41) is 14.2. The maximum absolute atomic E-state index is 12.3. The molecule has 6 nitrogen and oxygen atoms in total. The fraction of sp³-hybridized carbons (Fsp3) is 0.643. The Hall–Kier alpha value is -1.69. The average molecular weight is 275 g/mol. The second-order valence-electron chi connectivity index (χ2n) is 5.49. The zero-order valence-electron chi connectivity index (χ0n) is 11.6. The van der Waals surface area contributed by atoms with Crippen molar-refractivity contribution in [3.8, 4) is 0 Å². The number of nitrogens with one attached hydrogen (secondary N) is 2. The molecule has 3 rings (SSSR count). The lowest BCUT2D eigenvalue weighted by Crippen LogP contribution is -2.44. The molecule has 0 atom stereocenters. The van der Waals surface area contributed by atoms with Crippen molar-refractivity contribution >= 4 is 11.6 Å². The molecular weight excluding hydrogens is 254 g/mol. The highest BCUT2D eigenvalue weighted by Gasteiger charge is 2.22. The molecule has 1 aliphatic heterocycles. The largest absolute Gasteiger partial charge is 0.367 e. The quantitative estimate of drug-likeness (QED) is 0.815. The van der Waals surface area contributed by atoms with Gasteiger partial charge in [-0.3, -0.25) is 4.79 Å². The molecule has 1 aromatic heterocycles. The zero-order valence-corrected chi connectivity index (χ0v) is 11.6. The van der Waals surface area contributed by atoms with E-state index in [4.69, 9.17) is 0 Å². The number of rotatable bonds is 5. The summed E-state index contributed by atoms with van der Waals surface area (Å²) >= 11 is 0. The van der Waals surface area contributed by atoms with E-state index in [2.05, 4.69) is 25.7 Å². The molecule has 1 amide bonds. The number of nitrogens with zero attached hydrogens (tertiary/aromatic N) is 3. The maximum atomic E-state index is 12.3. The molecule has 1 aliphatic carbocycles. The highest BCUT2D eigenvalue weighted by atomic mass is 16.1. The number of carbonyl (C=O) groups is 1. The van der Waals surface area contributed by atoms with Crippen molar-refractivity contribution in [2.24, 2.45) is 5.92 Å². The third-order valence-electron chi connectivity index (χ3n) is 3.91. The first-order chi connectivity index (χ1) is 9.84. The molecule has 0 radical (unpaired) electrons. The number of hydrogen-bond acceptors (Lipinski definition) is 5. The SMILES string of the molecule is O=C(NCCC1CC1)c1nnccc1N1CCNCC1. The van der Waals surface area contributed by atoms with Crippen molar-refractivity contribution in [2.75, 3.05) is 37.6 Å². The molecule has 2 aliphatic rings. The molecular formula is C14H21N5O. The summed E-state index contributed by atoms with van der Waals surface area (Å²) in [4.78, 5) is 14.4. The van der Waals surface area contributed by atoms with Gasteiger partial charge in [-0.1, -0.05) is 12.8 Å². The summed E-state index contributed by atoms with van der Waals surface area (Å²) in [5.41, 5.74) is 1.34. The normalized spacial score (nSPS) is 18.9. The highest BCUT2D eigenvalue weighted by molar-refractivity contribution is 5.97. The van der Waals surface area contributed by atoms with Crippen LogP contribution >= 0.6 is 0 Å². The Kier molecular flexibility index (Phi) is 4.11. The van der Waals surface area contributed by atoms with Crippen molar-refractivity contribution in [3.05, 3.63) is 18.0 Å². The first-order valence-electron chi connectivity index (χ1n) is 7.40. The second kappa shape index (κ2) is 6.17. The molecule has 6 heteroatoms. The Bertz CT molecular complexity index is 468. The van der Waals surface area contributed by atoms with Gasteiger partial charge in [-0.2, -0.15) is 5.10 Å². The number of piperazine rings is 1. The molecule has 108 valence electrons. The second-order valence-corrected chi connectivity index (χ2v) is 5.49. The molecule has 1 saturated carbocycles. The predicted octanol–water partition coefficient (Wildman–Crippen LogP) is 0.416. The van der Waals surface area contributed by atoms with Crippen LogP contribution in [0.5, 0.6) is 0 Å². The molecule has 1 aromatic rings. The van der Waals surface area contributed by atoms with Crippen LogP contribution in [0.1, 0.15) is 29.8 Å². The molecule has 2 heterocycles. The van der Waals surface area contributed by atoms with Crippen molar-refractivity contribution in [2.45, 2.75) is 19.3 Å². The molecule has 0 bridgehead atoms. The zero-order chi connectivity index (χ0) is 13.8. The van der Waals surface area contributed by atoms with E-state index in [1.54, 1.807) is 6.20 Å². The Balaban J connectivity index is 1.65. The number of anilines is 1. The first kappa shape index (κ1) is 13.3. The van der Waals surface area contributed by atoms with E-state index in [0.29, 0.717) is 5.69 Å². The van der Waals surface area contributed by atoms with Gasteiger partial charge in [0.2, 0.25) is 0 Å². The Morgan fingerprint density at radius 3 is 2.95 bits per heavy atom. The maximum Gasteiger partial charge on any atom is 0.273 e. The van der Waals surface area contributed by atoms with E-state index < -0.39 is 0 Å². The van der Waals surface area contributed by atoms with Gasteiger partial charge in [-0.25, -0.2) is 0 Å².